The van der Waals surface area contributed by atoms with Crippen LogP contribution in [-0.4, -0.2) is 60.4 Å². The average Bonchev–Trinajstić information content (AvgIpc) is 2.45. The highest BCUT2D eigenvalue weighted by Gasteiger charge is 2.31. The largest absolute Gasteiger partial charge is 0.463 e. The van der Waals surface area contributed by atoms with Crippen molar-refractivity contribution in [2.45, 2.75) is 57.9 Å². The van der Waals surface area contributed by atoms with Crippen LogP contribution in [0, 0.1) is 0 Å². The molecule has 0 aromatic heterocycles. The van der Waals surface area contributed by atoms with Crippen LogP contribution in [-0.2, 0) is 42.9 Å². The summed E-state index contributed by atoms with van der Waals surface area (Å²) in [6.07, 6.45) is -2.54. The summed E-state index contributed by atoms with van der Waals surface area (Å²) in [5, 5.41) is -0.908. The van der Waals surface area contributed by atoms with Gasteiger partial charge in [0.2, 0.25) is 0 Å². The molecule has 0 aromatic carbocycles. The van der Waals surface area contributed by atoms with Crippen molar-refractivity contribution in [3.63, 3.8) is 0 Å². The third kappa shape index (κ3) is 11.5. The fourth-order valence-electron chi connectivity index (χ4n) is 1.65. The van der Waals surface area contributed by atoms with Crippen LogP contribution in [0.25, 0.3) is 0 Å². The van der Waals surface area contributed by atoms with Gasteiger partial charge in [0.1, 0.15) is 25.4 Å². The zero-order valence-electron chi connectivity index (χ0n) is 14.8. The van der Waals surface area contributed by atoms with Crippen LogP contribution in [0.1, 0.15) is 34.6 Å². The molecule has 144 valence electrons. The van der Waals surface area contributed by atoms with Crippen molar-refractivity contribution >= 4 is 39.8 Å². The summed E-state index contributed by atoms with van der Waals surface area (Å²) < 4.78 is 25.5. The first kappa shape index (κ1) is 23.3. The summed E-state index contributed by atoms with van der Waals surface area (Å²) >= 11 is 3.19. The number of carbonyl (C=O) groups is 4. The molecular formula is C15H23BrO9. The second-order valence-corrected chi connectivity index (χ2v) is 6.00. The minimum absolute atomic E-state index is 0.188. The number of ether oxygens (including phenoxy) is 5. The van der Waals surface area contributed by atoms with Gasteiger partial charge in [0.05, 0.1) is 0 Å². The van der Waals surface area contributed by atoms with Crippen molar-refractivity contribution < 1.29 is 42.9 Å². The molecule has 0 amide bonds. The van der Waals surface area contributed by atoms with E-state index in [4.69, 9.17) is 23.7 Å². The number of hydrogen-bond donors (Lipinski definition) is 0. The zero-order chi connectivity index (χ0) is 19.6. The Hall–Kier alpha value is -1.68. The Kier molecular flexibility index (Phi) is 11.0. The minimum atomic E-state index is -0.953. The van der Waals surface area contributed by atoms with Gasteiger partial charge in [0.25, 0.3) is 0 Å². The zero-order valence-corrected chi connectivity index (χ0v) is 16.4. The second-order valence-electron chi connectivity index (χ2n) is 5.09. The lowest BCUT2D eigenvalue weighted by atomic mass is 10.2. The third-order valence-corrected chi connectivity index (χ3v) is 3.50. The molecule has 0 aliphatic heterocycles. The number of alkyl halides is 1. The first-order valence-corrected chi connectivity index (χ1v) is 8.35. The maximum atomic E-state index is 11.2. The lowest BCUT2D eigenvalue weighted by molar-refractivity contribution is -0.175. The predicted octanol–water partition coefficient (Wildman–Crippen LogP) is 1.10. The van der Waals surface area contributed by atoms with Crippen molar-refractivity contribution in [3.05, 3.63) is 0 Å². The molecular weight excluding hydrogens is 404 g/mol. The number of rotatable bonds is 10. The van der Waals surface area contributed by atoms with Crippen LogP contribution in [0.2, 0.25) is 0 Å². The normalized spacial score (nSPS) is 15.3. The Labute approximate surface area is 154 Å². The Balaban J connectivity index is 5.02. The first-order valence-electron chi connectivity index (χ1n) is 7.43. The highest BCUT2D eigenvalue weighted by atomic mass is 79.9. The van der Waals surface area contributed by atoms with Gasteiger partial charge in [-0.25, -0.2) is 0 Å². The fourth-order valence-corrected chi connectivity index (χ4v) is 2.19. The summed E-state index contributed by atoms with van der Waals surface area (Å²) in [6, 6.07) is 0. The molecule has 25 heavy (non-hydrogen) atoms. The van der Waals surface area contributed by atoms with E-state index in [1.807, 2.05) is 0 Å². The van der Waals surface area contributed by atoms with Gasteiger partial charge in [-0.1, -0.05) is 15.9 Å². The molecule has 0 aromatic rings. The van der Waals surface area contributed by atoms with Gasteiger partial charge in [-0.05, 0) is 6.92 Å². The van der Waals surface area contributed by atoms with Gasteiger partial charge >= 0.3 is 23.9 Å². The van der Waals surface area contributed by atoms with Crippen LogP contribution in [0.4, 0.5) is 0 Å². The molecule has 0 aliphatic rings. The Morgan fingerprint density at radius 1 is 0.760 bits per heavy atom. The molecule has 0 heterocycles. The molecule has 0 radical (unpaired) electrons. The smallest absolute Gasteiger partial charge is 0.303 e. The van der Waals surface area contributed by atoms with Crippen molar-refractivity contribution in [1.29, 1.82) is 0 Å². The Bertz CT molecular complexity index is 480. The lowest BCUT2D eigenvalue weighted by Crippen LogP contribution is -2.42. The highest BCUT2D eigenvalue weighted by Crippen LogP contribution is 2.18. The maximum Gasteiger partial charge on any atom is 0.303 e. The highest BCUT2D eigenvalue weighted by molar-refractivity contribution is 9.09. The monoisotopic (exact) mass is 426 g/mol. The molecule has 10 heteroatoms. The minimum Gasteiger partial charge on any atom is -0.463 e. The maximum absolute atomic E-state index is 11.2. The van der Waals surface area contributed by atoms with E-state index in [0.29, 0.717) is 0 Å². The number of halogens is 1. The molecule has 2 unspecified atom stereocenters. The molecule has 0 aliphatic carbocycles. The van der Waals surface area contributed by atoms with Crippen LogP contribution in [0.3, 0.4) is 0 Å². The fraction of sp³-hybridized carbons (Fsp3) is 0.733. The number of hydrogen-bond acceptors (Lipinski definition) is 9. The van der Waals surface area contributed by atoms with Crippen molar-refractivity contribution in [1.82, 2.24) is 0 Å². The van der Waals surface area contributed by atoms with Crippen LogP contribution in [0.5, 0.6) is 0 Å². The molecule has 9 nitrogen and oxygen atoms in total. The predicted molar refractivity (Wildman–Crippen MR) is 87.6 cm³/mol. The Morgan fingerprint density at radius 2 is 1.20 bits per heavy atom. The average molecular weight is 427 g/mol. The van der Waals surface area contributed by atoms with E-state index in [1.165, 1.54) is 27.7 Å². The molecule has 0 spiro atoms. The molecule has 4 atom stereocenters. The SMILES string of the molecule is CC(=O)OCC(OC(Br)[C@H](COC(C)=O)OC(C)=O)[C@H](C)OC(C)=O. The van der Waals surface area contributed by atoms with Crippen LogP contribution >= 0.6 is 15.9 Å². The lowest BCUT2D eigenvalue weighted by Gasteiger charge is -2.29. The molecule has 0 bridgehead atoms. The van der Waals surface area contributed by atoms with Gasteiger partial charge in [0, 0.05) is 27.7 Å². The van der Waals surface area contributed by atoms with E-state index in [1.54, 1.807) is 6.92 Å². The standard InChI is InChI=1S/C15H23BrO9/c1-8(23-11(4)19)13(6-21-9(2)17)25-15(16)14(24-12(5)20)7-22-10(3)18/h8,13-15H,6-7H2,1-5H3/t8-,13?,14-,15?/m0/s1. The molecule has 0 fully saturated rings. The van der Waals surface area contributed by atoms with E-state index in [2.05, 4.69) is 15.9 Å². The van der Waals surface area contributed by atoms with Gasteiger partial charge < -0.3 is 23.7 Å². The summed E-state index contributed by atoms with van der Waals surface area (Å²) in [5.74, 6) is -2.23. The topological polar surface area (TPSA) is 114 Å². The molecule has 0 N–H and O–H groups in total. The van der Waals surface area contributed by atoms with Gasteiger partial charge in [-0.3, -0.25) is 19.2 Å². The van der Waals surface area contributed by atoms with Crippen LogP contribution < -0.4 is 0 Å². The summed E-state index contributed by atoms with van der Waals surface area (Å²) in [5.41, 5.74) is 0. The van der Waals surface area contributed by atoms with E-state index in [0.717, 1.165) is 0 Å². The van der Waals surface area contributed by atoms with E-state index in [-0.39, 0.29) is 13.2 Å². The summed E-state index contributed by atoms with van der Waals surface area (Å²) in [7, 11) is 0. The van der Waals surface area contributed by atoms with Gasteiger partial charge in [-0.2, -0.15) is 0 Å². The van der Waals surface area contributed by atoms with Crippen molar-refractivity contribution in [3.8, 4) is 0 Å². The van der Waals surface area contributed by atoms with Crippen molar-refractivity contribution in [2.75, 3.05) is 13.2 Å². The summed E-state index contributed by atoms with van der Waals surface area (Å²) in [6.45, 7) is 5.98. The number of carbonyl (C=O) groups excluding carboxylic acids is 4. The van der Waals surface area contributed by atoms with Gasteiger partial charge in [0.15, 0.2) is 11.1 Å². The first-order chi connectivity index (χ1) is 11.5. The third-order valence-electron chi connectivity index (χ3n) is 2.69. The summed E-state index contributed by atoms with van der Waals surface area (Å²) in [4.78, 5) is 44.3. The second kappa shape index (κ2) is 11.8. The van der Waals surface area contributed by atoms with Gasteiger partial charge in [-0.15, -0.1) is 0 Å². The molecule has 0 saturated heterocycles. The van der Waals surface area contributed by atoms with E-state index in [9.17, 15) is 19.2 Å². The molecule has 0 saturated carbocycles. The number of esters is 4. The van der Waals surface area contributed by atoms with Crippen molar-refractivity contribution in [2.24, 2.45) is 0 Å². The molecule has 0 rings (SSSR count). The van der Waals surface area contributed by atoms with E-state index >= 15 is 0 Å². The quantitative estimate of drug-likeness (QED) is 0.287. The van der Waals surface area contributed by atoms with E-state index < -0.39 is 47.2 Å². The Morgan fingerprint density at radius 3 is 1.60 bits per heavy atom. The van der Waals surface area contributed by atoms with Crippen LogP contribution in [0.15, 0.2) is 0 Å².